The molecule has 1 heterocycles. The Morgan fingerprint density at radius 3 is 2.17 bits per heavy atom. The second kappa shape index (κ2) is 14.6. The van der Waals surface area contributed by atoms with Crippen LogP contribution in [0.2, 0.25) is 0 Å². The Bertz CT molecular complexity index is 1300. The van der Waals surface area contributed by atoms with Crippen molar-refractivity contribution in [2.45, 2.75) is 58.9 Å². The van der Waals surface area contributed by atoms with Crippen molar-refractivity contribution >= 4 is 28.9 Å². The molecule has 0 spiro atoms. The molecule has 0 bridgehead atoms. The van der Waals surface area contributed by atoms with Crippen LogP contribution in [0, 0.1) is 0 Å². The maximum Gasteiger partial charge on any atom is 0.255 e. The van der Waals surface area contributed by atoms with Crippen molar-refractivity contribution in [2.24, 2.45) is 0 Å². The van der Waals surface area contributed by atoms with E-state index in [1.54, 1.807) is 13.2 Å². The minimum absolute atomic E-state index is 0.00326. The van der Waals surface area contributed by atoms with Gasteiger partial charge in [0, 0.05) is 49.2 Å². The molecule has 7 nitrogen and oxygen atoms in total. The number of carbonyl (C=O) groups is 2. The van der Waals surface area contributed by atoms with Crippen molar-refractivity contribution in [3.05, 3.63) is 83.4 Å². The monoisotopic (exact) mass is 556 g/mol. The van der Waals surface area contributed by atoms with Gasteiger partial charge in [-0.05, 0) is 74.7 Å². The number of piperazine rings is 1. The molecule has 2 N–H and O–H groups in total. The molecule has 1 saturated heterocycles. The molecule has 1 fully saturated rings. The lowest BCUT2D eigenvalue weighted by Crippen LogP contribution is -2.47. The number of benzene rings is 3. The first-order chi connectivity index (χ1) is 19.9. The zero-order valence-electron chi connectivity index (χ0n) is 24.9. The van der Waals surface area contributed by atoms with E-state index in [0.717, 1.165) is 49.7 Å². The summed E-state index contributed by atoms with van der Waals surface area (Å²) < 4.78 is 5.56. The minimum atomic E-state index is -0.184. The third kappa shape index (κ3) is 8.03. The van der Waals surface area contributed by atoms with Gasteiger partial charge in [0.05, 0.1) is 18.4 Å². The highest BCUT2D eigenvalue weighted by atomic mass is 16.5. The molecular weight excluding hydrogens is 512 g/mol. The number of unbranched alkanes of at least 4 members (excludes halogenated alkanes) is 3. The lowest BCUT2D eigenvalue weighted by Gasteiger charge is -2.38. The van der Waals surface area contributed by atoms with Gasteiger partial charge in [-0.25, -0.2) is 0 Å². The Balaban J connectivity index is 1.46. The lowest BCUT2D eigenvalue weighted by atomic mass is 10.0. The number of methoxy groups -OCH3 is 1. The highest BCUT2D eigenvalue weighted by molar-refractivity contribution is 6.06. The van der Waals surface area contributed by atoms with Crippen LogP contribution in [0.4, 0.5) is 17.1 Å². The smallest absolute Gasteiger partial charge is 0.255 e. The van der Waals surface area contributed by atoms with Gasteiger partial charge in [0.25, 0.3) is 11.8 Å². The molecular formula is C34H44N4O3. The summed E-state index contributed by atoms with van der Waals surface area (Å²) in [4.78, 5) is 30.9. The highest BCUT2D eigenvalue weighted by Gasteiger charge is 2.24. The van der Waals surface area contributed by atoms with E-state index in [9.17, 15) is 9.59 Å². The van der Waals surface area contributed by atoms with Crippen molar-refractivity contribution in [1.82, 2.24) is 5.32 Å². The lowest BCUT2D eigenvalue weighted by molar-refractivity contribution is 0.0942. The molecule has 0 atom stereocenters. The summed E-state index contributed by atoms with van der Waals surface area (Å²) in [6.07, 6.45) is 5.92. The maximum atomic E-state index is 13.3. The Hall–Kier alpha value is -4.00. The molecule has 0 aromatic heterocycles. The van der Waals surface area contributed by atoms with Crippen LogP contribution in [0.15, 0.2) is 66.7 Å². The summed E-state index contributed by atoms with van der Waals surface area (Å²) in [6, 6.07) is 21.5. The average Bonchev–Trinajstić information content (AvgIpc) is 2.99. The van der Waals surface area contributed by atoms with Gasteiger partial charge < -0.3 is 25.2 Å². The van der Waals surface area contributed by atoms with Gasteiger partial charge in [-0.2, -0.15) is 0 Å². The van der Waals surface area contributed by atoms with Gasteiger partial charge >= 0.3 is 0 Å². The second-order valence-electron chi connectivity index (χ2n) is 11.0. The van der Waals surface area contributed by atoms with Crippen LogP contribution in [0.5, 0.6) is 5.75 Å². The van der Waals surface area contributed by atoms with Crippen molar-refractivity contribution in [1.29, 1.82) is 0 Å². The number of hydrogen-bond donors (Lipinski definition) is 2. The van der Waals surface area contributed by atoms with Gasteiger partial charge in [0.2, 0.25) is 0 Å². The van der Waals surface area contributed by atoms with Crippen molar-refractivity contribution in [3.8, 4) is 5.75 Å². The fourth-order valence-corrected chi connectivity index (χ4v) is 5.27. The number of aryl methyl sites for hydroxylation is 1. The van der Waals surface area contributed by atoms with Crippen LogP contribution in [-0.4, -0.2) is 51.1 Å². The minimum Gasteiger partial charge on any atom is -0.495 e. The molecule has 3 aromatic rings. The summed E-state index contributed by atoms with van der Waals surface area (Å²) in [6.45, 7) is 9.24. The number of hydrogen-bond acceptors (Lipinski definition) is 5. The van der Waals surface area contributed by atoms with Crippen molar-refractivity contribution in [3.63, 3.8) is 0 Å². The number of ether oxygens (including phenoxy) is 1. The molecule has 4 rings (SSSR count). The molecule has 3 aromatic carbocycles. The Kier molecular flexibility index (Phi) is 10.7. The predicted octanol–water partition coefficient (Wildman–Crippen LogP) is 6.54. The SMILES string of the molecule is CCCCCCc1ccc(C(=O)Nc2ccc(N3CCN(c4ccccc4OC)CC3)c(C(=O)NC(C)C)c2)cc1. The Labute approximate surface area is 244 Å². The van der Waals surface area contributed by atoms with E-state index in [2.05, 4.69) is 33.4 Å². The molecule has 0 unspecified atom stereocenters. The number of anilines is 3. The molecule has 2 amide bonds. The Morgan fingerprint density at radius 2 is 1.51 bits per heavy atom. The topological polar surface area (TPSA) is 73.9 Å². The van der Waals surface area contributed by atoms with Crippen LogP contribution in [0.3, 0.4) is 0 Å². The molecule has 0 aliphatic carbocycles. The van der Waals surface area contributed by atoms with Gasteiger partial charge in [-0.1, -0.05) is 50.5 Å². The van der Waals surface area contributed by atoms with E-state index in [1.165, 1.54) is 31.2 Å². The van der Waals surface area contributed by atoms with Crippen LogP contribution in [0.1, 0.15) is 72.7 Å². The van der Waals surface area contributed by atoms with E-state index < -0.39 is 0 Å². The number of nitrogens with one attached hydrogen (secondary N) is 2. The predicted molar refractivity (Wildman–Crippen MR) is 169 cm³/mol. The maximum absolute atomic E-state index is 13.3. The van der Waals surface area contributed by atoms with E-state index >= 15 is 0 Å². The summed E-state index contributed by atoms with van der Waals surface area (Å²) >= 11 is 0. The van der Waals surface area contributed by atoms with Crippen molar-refractivity contribution in [2.75, 3.05) is 48.4 Å². The summed E-state index contributed by atoms with van der Waals surface area (Å²) in [5.41, 5.74) is 4.96. The van der Waals surface area contributed by atoms with E-state index in [4.69, 9.17) is 4.74 Å². The first-order valence-electron chi connectivity index (χ1n) is 14.9. The first-order valence-corrected chi connectivity index (χ1v) is 14.9. The van der Waals surface area contributed by atoms with E-state index in [1.807, 2.05) is 68.4 Å². The van der Waals surface area contributed by atoms with E-state index in [0.29, 0.717) is 16.8 Å². The molecule has 0 radical (unpaired) electrons. The van der Waals surface area contributed by atoms with Gasteiger partial charge in [0.1, 0.15) is 5.75 Å². The third-order valence-corrected chi connectivity index (χ3v) is 7.50. The second-order valence-corrected chi connectivity index (χ2v) is 11.0. The fraction of sp³-hybridized carbons (Fsp3) is 0.412. The average molecular weight is 557 g/mol. The Morgan fingerprint density at radius 1 is 0.829 bits per heavy atom. The first kappa shape index (κ1) is 30.0. The molecule has 218 valence electrons. The number of nitrogens with zero attached hydrogens (tertiary/aromatic N) is 2. The third-order valence-electron chi connectivity index (χ3n) is 7.50. The highest BCUT2D eigenvalue weighted by Crippen LogP contribution is 2.31. The zero-order chi connectivity index (χ0) is 29.2. The van der Waals surface area contributed by atoms with Gasteiger partial charge in [-0.3, -0.25) is 9.59 Å². The normalized spacial score (nSPS) is 13.3. The number of para-hydroxylation sites is 2. The molecule has 0 saturated carbocycles. The van der Waals surface area contributed by atoms with Crippen LogP contribution >= 0.6 is 0 Å². The van der Waals surface area contributed by atoms with Gasteiger partial charge in [0.15, 0.2) is 0 Å². The summed E-state index contributed by atoms with van der Waals surface area (Å²) in [5, 5.41) is 6.02. The molecule has 41 heavy (non-hydrogen) atoms. The standard InChI is InChI=1S/C34H44N4O3/c1-5-6-7-8-11-26-14-16-27(17-15-26)33(39)36-28-18-19-30(29(24-28)34(40)35-25(2)3)37-20-22-38(23-21-37)31-12-9-10-13-32(31)41-4/h9-10,12-19,24-25H,5-8,11,20-23H2,1-4H3,(H,35,40)(H,36,39). The van der Waals surface area contributed by atoms with Crippen LogP contribution < -0.4 is 25.2 Å². The van der Waals surface area contributed by atoms with Crippen molar-refractivity contribution < 1.29 is 14.3 Å². The van der Waals surface area contributed by atoms with E-state index in [-0.39, 0.29) is 17.9 Å². The molecule has 7 heteroatoms. The number of amides is 2. The molecule has 1 aliphatic rings. The van der Waals surface area contributed by atoms with Crippen LogP contribution in [-0.2, 0) is 6.42 Å². The summed E-state index contributed by atoms with van der Waals surface area (Å²) in [7, 11) is 1.69. The quantitative estimate of drug-likeness (QED) is 0.248. The van der Waals surface area contributed by atoms with Crippen LogP contribution in [0.25, 0.3) is 0 Å². The number of carbonyl (C=O) groups excluding carboxylic acids is 2. The fourth-order valence-electron chi connectivity index (χ4n) is 5.27. The van der Waals surface area contributed by atoms with Gasteiger partial charge in [-0.15, -0.1) is 0 Å². The summed E-state index contributed by atoms with van der Waals surface area (Å²) in [5.74, 6) is 0.529. The number of rotatable bonds is 12. The zero-order valence-corrected chi connectivity index (χ0v) is 24.9. The molecule has 1 aliphatic heterocycles. The largest absolute Gasteiger partial charge is 0.495 e.